The lowest BCUT2D eigenvalue weighted by atomic mass is 9.77. The molecule has 0 aromatic carbocycles. The summed E-state index contributed by atoms with van der Waals surface area (Å²) in [5.41, 5.74) is -0.830. The summed E-state index contributed by atoms with van der Waals surface area (Å²) in [4.78, 5) is 37.4. The number of carbonyl (C=O) groups is 3. The van der Waals surface area contributed by atoms with E-state index in [0.29, 0.717) is 25.7 Å². The number of fused-ring (bicyclic) bond motifs is 2. The van der Waals surface area contributed by atoms with E-state index in [4.69, 9.17) is 4.74 Å². The van der Waals surface area contributed by atoms with Gasteiger partial charge in [0.05, 0.1) is 12.0 Å². The van der Waals surface area contributed by atoms with Gasteiger partial charge in [-0.15, -0.1) is 0 Å². The summed E-state index contributed by atoms with van der Waals surface area (Å²) >= 11 is 0. The molecule has 3 fully saturated rings. The molecule has 110 valence electrons. The molecule has 2 aliphatic heterocycles. The highest BCUT2D eigenvalue weighted by atomic mass is 16.5. The maximum absolute atomic E-state index is 12.5. The average molecular weight is 281 g/mol. The number of hydrogen-bond donors (Lipinski definition) is 1. The van der Waals surface area contributed by atoms with Crippen LogP contribution in [0.3, 0.4) is 0 Å². The highest BCUT2D eigenvalue weighted by Gasteiger charge is 2.54. The number of hydrogen-bond acceptors (Lipinski definition) is 4. The van der Waals surface area contributed by atoms with E-state index in [1.165, 1.54) is 4.90 Å². The van der Waals surface area contributed by atoms with Crippen molar-refractivity contribution in [3.05, 3.63) is 0 Å². The number of nitrogens with zero attached hydrogens (tertiary/aromatic N) is 1. The van der Waals surface area contributed by atoms with E-state index in [2.05, 4.69) is 0 Å². The topological polar surface area (TPSA) is 83.9 Å². The van der Waals surface area contributed by atoms with Gasteiger partial charge in [0.1, 0.15) is 12.2 Å². The summed E-state index contributed by atoms with van der Waals surface area (Å²) in [6, 6.07) is 0. The Morgan fingerprint density at radius 1 is 1.15 bits per heavy atom. The highest BCUT2D eigenvalue weighted by Crippen LogP contribution is 2.41. The summed E-state index contributed by atoms with van der Waals surface area (Å²) in [7, 11) is 0. The molecular formula is C14H19NO5. The minimum absolute atomic E-state index is 0.149. The number of carboxylic acid groups (broad SMARTS) is 1. The fourth-order valence-electron chi connectivity index (χ4n) is 3.84. The van der Waals surface area contributed by atoms with Gasteiger partial charge in [0, 0.05) is 0 Å². The fourth-order valence-corrected chi connectivity index (χ4v) is 3.84. The molecule has 0 aromatic heterocycles. The van der Waals surface area contributed by atoms with Gasteiger partial charge >= 0.3 is 5.97 Å². The molecule has 6 nitrogen and oxygen atoms in total. The quantitative estimate of drug-likeness (QED) is 0.783. The maximum Gasteiger partial charge on any atom is 0.305 e. The third-order valence-electron chi connectivity index (χ3n) is 4.75. The van der Waals surface area contributed by atoms with Gasteiger partial charge in [-0.25, -0.2) is 0 Å². The van der Waals surface area contributed by atoms with Crippen LogP contribution in [0, 0.1) is 0 Å². The molecule has 3 rings (SSSR count). The van der Waals surface area contributed by atoms with E-state index >= 15 is 0 Å². The molecule has 1 N–H and O–H groups in total. The van der Waals surface area contributed by atoms with Crippen LogP contribution in [0.5, 0.6) is 0 Å². The lowest BCUT2D eigenvalue weighted by Crippen LogP contribution is -2.63. The van der Waals surface area contributed by atoms with Crippen LogP contribution in [0.15, 0.2) is 0 Å². The van der Waals surface area contributed by atoms with Gasteiger partial charge in [0.25, 0.3) is 11.8 Å². The van der Waals surface area contributed by atoms with E-state index < -0.39 is 23.7 Å². The maximum atomic E-state index is 12.5. The van der Waals surface area contributed by atoms with Gasteiger partial charge in [0.15, 0.2) is 0 Å². The number of aliphatic carboxylic acids is 1. The first-order valence-electron chi connectivity index (χ1n) is 7.29. The van der Waals surface area contributed by atoms with Crippen LogP contribution in [0.1, 0.15) is 51.4 Å². The molecule has 3 aliphatic rings. The molecule has 20 heavy (non-hydrogen) atoms. The number of rotatable bonds is 3. The molecule has 2 amide bonds. The summed E-state index contributed by atoms with van der Waals surface area (Å²) in [5.74, 6) is -1.61. The second-order valence-corrected chi connectivity index (χ2v) is 6.06. The minimum Gasteiger partial charge on any atom is -0.481 e. The van der Waals surface area contributed by atoms with Crippen molar-refractivity contribution < 1.29 is 24.2 Å². The third kappa shape index (κ3) is 2.02. The Bertz CT molecular complexity index is 432. The Morgan fingerprint density at radius 3 is 2.20 bits per heavy atom. The Morgan fingerprint density at radius 2 is 1.70 bits per heavy atom. The van der Waals surface area contributed by atoms with E-state index in [0.717, 1.165) is 19.3 Å². The number of carboxylic acids is 1. The molecule has 2 bridgehead atoms. The second-order valence-electron chi connectivity index (χ2n) is 6.06. The van der Waals surface area contributed by atoms with E-state index in [-0.39, 0.29) is 18.2 Å². The molecule has 0 spiro atoms. The molecule has 1 saturated carbocycles. The number of ether oxygens (including phenoxy) is 1. The predicted octanol–water partition coefficient (Wildman–Crippen LogP) is 1.08. The van der Waals surface area contributed by atoms with Gasteiger partial charge in [-0.1, -0.05) is 19.3 Å². The number of imide groups is 1. The zero-order valence-corrected chi connectivity index (χ0v) is 11.3. The Labute approximate surface area is 117 Å². The molecular weight excluding hydrogens is 262 g/mol. The SMILES string of the molecule is O=C(O)CC1(N2C(=O)C3CCC(O3)C2=O)CCCCC1. The van der Waals surface area contributed by atoms with Crippen molar-refractivity contribution >= 4 is 17.8 Å². The minimum atomic E-state index is -0.952. The van der Waals surface area contributed by atoms with Gasteiger partial charge in [0.2, 0.25) is 0 Å². The Hall–Kier alpha value is -1.43. The summed E-state index contributed by atoms with van der Waals surface area (Å²) < 4.78 is 5.40. The van der Waals surface area contributed by atoms with Crippen molar-refractivity contribution in [2.75, 3.05) is 0 Å². The molecule has 2 heterocycles. The van der Waals surface area contributed by atoms with Crippen LogP contribution < -0.4 is 0 Å². The van der Waals surface area contributed by atoms with Crippen molar-refractivity contribution in [2.45, 2.75) is 69.1 Å². The monoisotopic (exact) mass is 281 g/mol. The van der Waals surface area contributed by atoms with E-state index in [1.54, 1.807) is 0 Å². The van der Waals surface area contributed by atoms with Gasteiger partial charge in [-0.3, -0.25) is 19.3 Å². The standard InChI is InChI=1S/C14H19NO5/c16-11(17)8-14(6-2-1-3-7-14)15-12(18)9-4-5-10(20-9)13(15)19/h9-10H,1-8H2,(H,16,17). The van der Waals surface area contributed by atoms with Crippen molar-refractivity contribution in [2.24, 2.45) is 0 Å². The fraction of sp³-hybridized carbons (Fsp3) is 0.786. The van der Waals surface area contributed by atoms with Crippen LogP contribution >= 0.6 is 0 Å². The third-order valence-corrected chi connectivity index (χ3v) is 4.75. The Balaban J connectivity index is 1.95. The van der Waals surface area contributed by atoms with Crippen molar-refractivity contribution in [3.63, 3.8) is 0 Å². The van der Waals surface area contributed by atoms with Crippen molar-refractivity contribution in [1.29, 1.82) is 0 Å². The number of amides is 2. The van der Waals surface area contributed by atoms with Crippen LogP contribution in [0.4, 0.5) is 0 Å². The molecule has 0 radical (unpaired) electrons. The molecule has 2 atom stereocenters. The van der Waals surface area contributed by atoms with E-state index in [1.807, 2.05) is 0 Å². The van der Waals surface area contributed by atoms with Crippen molar-refractivity contribution in [1.82, 2.24) is 4.90 Å². The first-order chi connectivity index (χ1) is 9.53. The highest BCUT2D eigenvalue weighted by molar-refractivity contribution is 6.03. The predicted molar refractivity (Wildman–Crippen MR) is 67.8 cm³/mol. The zero-order valence-electron chi connectivity index (χ0n) is 11.3. The van der Waals surface area contributed by atoms with Gasteiger partial charge < -0.3 is 9.84 Å². The first-order valence-corrected chi connectivity index (χ1v) is 7.29. The lowest BCUT2D eigenvalue weighted by molar-refractivity contribution is -0.179. The molecule has 2 saturated heterocycles. The van der Waals surface area contributed by atoms with Gasteiger partial charge in [-0.05, 0) is 25.7 Å². The Kier molecular flexibility index (Phi) is 3.28. The van der Waals surface area contributed by atoms with Crippen LogP contribution in [0.25, 0.3) is 0 Å². The second kappa shape index (κ2) is 4.84. The summed E-state index contributed by atoms with van der Waals surface area (Å²) in [5, 5.41) is 9.20. The molecule has 1 aliphatic carbocycles. The largest absolute Gasteiger partial charge is 0.481 e. The average Bonchev–Trinajstić information content (AvgIpc) is 2.83. The van der Waals surface area contributed by atoms with Crippen LogP contribution in [-0.4, -0.2) is 45.5 Å². The first kappa shape index (κ1) is 13.5. The molecule has 6 heteroatoms. The number of carbonyl (C=O) groups excluding carboxylic acids is 2. The molecule has 2 unspecified atom stereocenters. The van der Waals surface area contributed by atoms with Crippen LogP contribution in [0.2, 0.25) is 0 Å². The zero-order chi connectivity index (χ0) is 14.3. The van der Waals surface area contributed by atoms with Crippen molar-refractivity contribution in [3.8, 4) is 0 Å². The van der Waals surface area contributed by atoms with Crippen LogP contribution in [-0.2, 0) is 19.1 Å². The summed E-state index contributed by atoms with van der Waals surface area (Å²) in [6.07, 6.45) is 3.82. The number of likely N-dealkylation sites (tertiary alicyclic amines) is 1. The van der Waals surface area contributed by atoms with E-state index in [9.17, 15) is 19.5 Å². The smallest absolute Gasteiger partial charge is 0.305 e. The molecule has 0 aromatic rings. The lowest BCUT2D eigenvalue weighted by Gasteiger charge is -2.47. The number of morpholine rings is 1. The van der Waals surface area contributed by atoms with Gasteiger partial charge in [-0.2, -0.15) is 0 Å². The normalized spacial score (nSPS) is 32.5. The summed E-state index contributed by atoms with van der Waals surface area (Å²) in [6.45, 7) is 0.